The molecule has 0 aliphatic carbocycles. The molecule has 1 saturated heterocycles. The van der Waals surface area contributed by atoms with Crippen molar-refractivity contribution in [3.63, 3.8) is 0 Å². The van der Waals surface area contributed by atoms with Crippen LogP contribution in [0.1, 0.15) is 21.6 Å². The normalized spacial score (nSPS) is 15.5. The number of fused-ring (bicyclic) bond motifs is 1. The van der Waals surface area contributed by atoms with Crippen molar-refractivity contribution in [2.75, 3.05) is 26.2 Å². The number of halogens is 1. The number of nitrogens with zero attached hydrogens (tertiary/aromatic N) is 2. The predicted octanol–water partition coefficient (Wildman–Crippen LogP) is 3.57. The standard InChI is InChI=1S/C21H22FN3O/c1-15-19(18-7-2-3-8-20(18)23-15)14-24-9-11-25(12-10-24)21(26)16-5-4-6-17(22)13-16/h2-8,13,23H,9-12,14H2,1H3. The number of hydrogen-bond acceptors (Lipinski definition) is 2. The molecular weight excluding hydrogens is 329 g/mol. The first-order valence-electron chi connectivity index (χ1n) is 8.95. The van der Waals surface area contributed by atoms with Crippen LogP contribution in [-0.2, 0) is 6.54 Å². The maximum atomic E-state index is 13.4. The first-order valence-corrected chi connectivity index (χ1v) is 8.95. The van der Waals surface area contributed by atoms with Gasteiger partial charge in [0.05, 0.1) is 0 Å². The van der Waals surface area contributed by atoms with Crippen molar-refractivity contribution in [1.29, 1.82) is 0 Å². The molecule has 5 heteroatoms. The van der Waals surface area contributed by atoms with Crippen molar-refractivity contribution in [1.82, 2.24) is 14.8 Å². The number of piperazine rings is 1. The number of benzene rings is 2. The molecule has 1 N–H and O–H groups in total. The molecule has 4 nitrogen and oxygen atoms in total. The van der Waals surface area contributed by atoms with E-state index in [2.05, 4.69) is 35.0 Å². The van der Waals surface area contributed by atoms with Crippen LogP contribution in [0.3, 0.4) is 0 Å². The van der Waals surface area contributed by atoms with Crippen LogP contribution in [0.4, 0.5) is 4.39 Å². The molecule has 0 saturated carbocycles. The summed E-state index contributed by atoms with van der Waals surface area (Å²) < 4.78 is 13.4. The fourth-order valence-electron chi connectivity index (χ4n) is 3.68. The number of para-hydroxylation sites is 1. The second-order valence-electron chi connectivity index (χ2n) is 6.85. The number of rotatable bonds is 3. The highest BCUT2D eigenvalue weighted by Gasteiger charge is 2.23. The van der Waals surface area contributed by atoms with Gasteiger partial charge < -0.3 is 9.88 Å². The topological polar surface area (TPSA) is 39.3 Å². The zero-order valence-corrected chi connectivity index (χ0v) is 14.8. The monoisotopic (exact) mass is 351 g/mol. The third-order valence-corrected chi connectivity index (χ3v) is 5.14. The van der Waals surface area contributed by atoms with Gasteiger partial charge in [-0.15, -0.1) is 0 Å². The Labute approximate surface area is 152 Å². The molecule has 26 heavy (non-hydrogen) atoms. The average Bonchev–Trinajstić information content (AvgIpc) is 2.97. The SMILES string of the molecule is Cc1[nH]c2ccccc2c1CN1CCN(C(=O)c2cccc(F)c2)CC1. The van der Waals surface area contributed by atoms with Crippen molar-refractivity contribution >= 4 is 16.8 Å². The van der Waals surface area contributed by atoms with E-state index < -0.39 is 0 Å². The molecule has 0 bridgehead atoms. The van der Waals surface area contributed by atoms with Crippen molar-refractivity contribution in [3.8, 4) is 0 Å². The summed E-state index contributed by atoms with van der Waals surface area (Å²) in [5, 5.41) is 1.27. The molecule has 0 unspecified atom stereocenters. The molecule has 2 aromatic carbocycles. The number of nitrogens with one attached hydrogen (secondary N) is 1. The minimum Gasteiger partial charge on any atom is -0.358 e. The first kappa shape index (κ1) is 16.8. The van der Waals surface area contributed by atoms with Gasteiger partial charge in [-0.3, -0.25) is 9.69 Å². The summed E-state index contributed by atoms with van der Waals surface area (Å²) in [4.78, 5) is 20.2. The number of aryl methyl sites for hydroxylation is 1. The van der Waals surface area contributed by atoms with Gasteiger partial charge in [0.15, 0.2) is 0 Å². The second-order valence-corrected chi connectivity index (χ2v) is 6.85. The van der Waals surface area contributed by atoms with E-state index in [1.165, 1.54) is 34.3 Å². The summed E-state index contributed by atoms with van der Waals surface area (Å²) in [7, 11) is 0. The number of aromatic nitrogens is 1. The van der Waals surface area contributed by atoms with E-state index in [9.17, 15) is 9.18 Å². The van der Waals surface area contributed by atoms with Crippen LogP contribution in [0, 0.1) is 12.7 Å². The summed E-state index contributed by atoms with van der Waals surface area (Å²) >= 11 is 0. The van der Waals surface area contributed by atoms with E-state index in [1.807, 2.05) is 11.0 Å². The Bertz CT molecular complexity index is 941. The molecule has 1 fully saturated rings. The Kier molecular flexibility index (Phi) is 4.47. The van der Waals surface area contributed by atoms with Gasteiger partial charge >= 0.3 is 0 Å². The molecule has 134 valence electrons. The molecule has 1 aromatic heterocycles. The van der Waals surface area contributed by atoms with Crippen molar-refractivity contribution in [3.05, 3.63) is 71.2 Å². The lowest BCUT2D eigenvalue weighted by Crippen LogP contribution is -2.48. The number of carbonyl (C=O) groups excluding carboxylic acids is 1. The zero-order chi connectivity index (χ0) is 18.1. The van der Waals surface area contributed by atoms with E-state index in [-0.39, 0.29) is 11.7 Å². The van der Waals surface area contributed by atoms with Crippen molar-refractivity contribution < 1.29 is 9.18 Å². The number of aromatic amines is 1. The lowest BCUT2D eigenvalue weighted by Gasteiger charge is -2.34. The summed E-state index contributed by atoms with van der Waals surface area (Å²) in [6.07, 6.45) is 0. The van der Waals surface area contributed by atoms with Crippen LogP contribution in [0.2, 0.25) is 0 Å². The van der Waals surface area contributed by atoms with Crippen LogP contribution in [0.15, 0.2) is 48.5 Å². The molecule has 1 amide bonds. The zero-order valence-electron chi connectivity index (χ0n) is 14.8. The van der Waals surface area contributed by atoms with Crippen molar-refractivity contribution in [2.24, 2.45) is 0 Å². The van der Waals surface area contributed by atoms with Gasteiger partial charge in [0.25, 0.3) is 5.91 Å². The van der Waals surface area contributed by atoms with Crippen LogP contribution in [0.25, 0.3) is 10.9 Å². The van der Waals surface area contributed by atoms with Crippen LogP contribution in [0.5, 0.6) is 0 Å². The third-order valence-electron chi connectivity index (χ3n) is 5.14. The van der Waals surface area contributed by atoms with E-state index in [0.29, 0.717) is 18.7 Å². The quantitative estimate of drug-likeness (QED) is 0.783. The maximum absolute atomic E-state index is 13.4. The summed E-state index contributed by atoms with van der Waals surface area (Å²) in [6, 6.07) is 14.3. The first-order chi connectivity index (χ1) is 12.6. The number of amides is 1. The fourth-order valence-corrected chi connectivity index (χ4v) is 3.68. The Morgan fingerprint density at radius 3 is 2.62 bits per heavy atom. The molecule has 0 spiro atoms. The molecule has 0 atom stereocenters. The average molecular weight is 351 g/mol. The van der Waals surface area contributed by atoms with Gasteiger partial charge in [0, 0.05) is 54.9 Å². The third kappa shape index (κ3) is 3.22. The summed E-state index contributed by atoms with van der Waals surface area (Å²) in [6.45, 7) is 5.95. The van der Waals surface area contributed by atoms with E-state index >= 15 is 0 Å². The summed E-state index contributed by atoms with van der Waals surface area (Å²) in [5.41, 5.74) is 4.11. The van der Waals surface area contributed by atoms with E-state index in [0.717, 1.165) is 19.6 Å². The highest BCUT2D eigenvalue weighted by atomic mass is 19.1. The maximum Gasteiger partial charge on any atom is 0.254 e. The Morgan fingerprint density at radius 1 is 1.08 bits per heavy atom. The van der Waals surface area contributed by atoms with Gasteiger partial charge in [0.2, 0.25) is 0 Å². The number of hydrogen-bond donors (Lipinski definition) is 1. The van der Waals surface area contributed by atoms with E-state index in [1.54, 1.807) is 12.1 Å². The van der Waals surface area contributed by atoms with Crippen LogP contribution >= 0.6 is 0 Å². The largest absolute Gasteiger partial charge is 0.358 e. The summed E-state index contributed by atoms with van der Waals surface area (Å²) in [5.74, 6) is -0.461. The Hall–Kier alpha value is -2.66. The Balaban J connectivity index is 1.42. The lowest BCUT2D eigenvalue weighted by molar-refractivity contribution is 0.0628. The highest BCUT2D eigenvalue weighted by Crippen LogP contribution is 2.24. The van der Waals surface area contributed by atoms with Gasteiger partial charge in [-0.25, -0.2) is 4.39 Å². The van der Waals surface area contributed by atoms with E-state index in [4.69, 9.17) is 0 Å². The van der Waals surface area contributed by atoms with Gasteiger partial charge in [-0.1, -0.05) is 24.3 Å². The Morgan fingerprint density at radius 2 is 1.85 bits per heavy atom. The van der Waals surface area contributed by atoms with Gasteiger partial charge in [-0.2, -0.15) is 0 Å². The number of H-pyrrole nitrogens is 1. The number of carbonyl (C=O) groups is 1. The smallest absolute Gasteiger partial charge is 0.254 e. The molecular formula is C21H22FN3O. The minimum absolute atomic E-state index is 0.0903. The van der Waals surface area contributed by atoms with Gasteiger partial charge in [-0.05, 0) is 36.8 Å². The predicted molar refractivity (Wildman–Crippen MR) is 101 cm³/mol. The minimum atomic E-state index is -0.371. The molecule has 2 heterocycles. The molecule has 3 aromatic rings. The fraction of sp³-hybridized carbons (Fsp3) is 0.286. The highest BCUT2D eigenvalue weighted by molar-refractivity contribution is 5.94. The molecule has 1 aliphatic rings. The molecule has 4 rings (SSSR count). The van der Waals surface area contributed by atoms with Crippen molar-refractivity contribution in [2.45, 2.75) is 13.5 Å². The molecule has 1 aliphatic heterocycles. The van der Waals surface area contributed by atoms with Gasteiger partial charge in [0.1, 0.15) is 5.82 Å². The van der Waals surface area contributed by atoms with Crippen LogP contribution in [-0.4, -0.2) is 46.9 Å². The second kappa shape index (κ2) is 6.92. The molecule has 0 radical (unpaired) electrons. The lowest BCUT2D eigenvalue weighted by atomic mass is 10.1. The van der Waals surface area contributed by atoms with Crippen LogP contribution < -0.4 is 0 Å².